The summed E-state index contributed by atoms with van der Waals surface area (Å²) in [6.07, 6.45) is 0. The maximum absolute atomic E-state index is 12.7. The molecule has 0 fully saturated rings. The van der Waals surface area contributed by atoms with Crippen LogP contribution in [0.4, 0.5) is 11.4 Å². The van der Waals surface area contributed by atoms with Crippen LogP contribution in [-0.4, -0.2) is 10.8 Å². The normalized spacial score (nSPS) is 11.8. The highest BCUT2D eigenvalue weighted by Crippen LogP contribution is 2.29. The highest BCUT2D eigenvalue weighted by atomic mass is 32.1. The lowest BCUT2D eigenvalue weighted by Gasteiger charge is -2.11. The second-order valence-electron chi connectivity index (χ2n) is 6.70. The van der Waals surface area contributed by atoms with Crippen molar-refractivity contribution < 1.29 is 14.3 Å². The minimum atomic E-state index is -2.83. The number of amides is 1. The fourth-order valence-corrected chi connectivity index (χ4v) is 4.55. The lowest BCUT2D eigenvalue weighted by Crippen LogP contribution is -2.13. The lowest BCUT2D eigenvalue weighted by molar-refractivity contribution is 0.102. The largest absolute Gasteiger partial charge is 0.397 e. The van der Waals surface area contributed by atoms with Gasteiger partial charge in [-0.2, -0.15) is 11.3 Å². The molecule has 5 nitrogen and oxygen atoms in total. The zero-order valence-electron chi connectivity index (χ0n) is 15.8. The first-order chi connectivity index (χ1) is 14.5. The highest BCUT2D eigenvalue weighted by Gasteiger charge is 2.12. The van der Waals surface area contributed by atoms with Crippen molar-refractivity contribution in [1.29, 1.82) is 0 Å². The molecule has 0 aliphatic rings. The monoisotopic (exact) mass is 434 g/mol. The average molecular weight is 434 g/mol. The van der Waals surface area contributed by atoms with E-state index in [1.165, 1.54) is 0 Å². The number of anilines is 2. The maximum Gasteiger partial charge on any atom is 0.255 e. The van der Waals surface area contributed by atoms with E-state index in [4.69, 9.17) is 5.73 Å². The Morgan fingerprint density at radius 3 is 2.37 bits per heavy atom. The molecule has 0 bridgehead atoms. The van der Waals surface area contributed by atoms with E-state index < -0.39 is 8.03 Å². The van der Waals surface area contributed by atoms with Crippen molar-refractivity contribution in [3.63, 3.8) is 0 Å². The first kappa shape index (κ1) is 20.1. The van der Waals surface area contributed by atoms with Crippen LogP contribution in [0, 0.1) is 0 Å². The number of nitrogen functional groups attached to an aromatic ring is 1. The van der Waals surface area contributed by atoms with E-state index in [-0.39, 0.29) is 5.91 Å². The van der Waals surface area contributed by atoms with E-state index in [9.17, 15) is 14.3 Å². The van der Waals surface area contributed by atoms with Crippen LogP contribution in [0.2, 0.25) is 0 Å². The molecule has 0 aliphatic heterocycles. The third-order valence-electron chi connectivity index (χ3n) is 4.77. The van der Waals surface area contributed by atoms with Gasteiger partial charge in [-0.1, -0.05) is 36.4 Å². The molecule has 1 unspecified atom stereocenters. The molecule has 0 aliphatic carbocycles. The van der Waals surface area contributed by atoms with Gasteiger partial charge >= 0.3 is 0 Å². The molecule has 0 saturated heterocycles. The Balaban J connectivity index is 1.57. The van der Waals surface area contributed by atoms with Gasteiger partial charge in [-0.3, -0.25) is 9.36 Å². The third-order valence-corrected chi connectivity index (χ3v) is 6.35. The molecule has 4 N–H and O–H groups in total. The number of carbonyl (C=O) groups is 1. The predicted molar refractivity (Wildman–Crippen MR) is 125 cm³/mol. The van der Waals surface area contributed by atoms with Crippen molar-refractivity contribution in [2.75, 3.05) is 11.1 Å². The number of rotatable bonds is 5. The fraction of sp³-hybridized carbons (Fsp3) is 0. The Morgan fingerprint density at radius 1 is 0.933 bits per heavy atom. The second kappa shape index (κ2) is 8.67. The summed E-state index contributed by atoms with van der Waals surface area (Å²) in [5.41, 5.74) is 11.1. The number of benzene rings is 3. The molecule has 0 saturated carbocycles. The standard InChI is InChI=1S/C23H19N2O3PS/c24-20-10-9-17(18-11-12-30-14-18)13-21(20)25-23(26)16-7-5-15(6-8-16)19-3-1-2-4-22(19)29(27)28/h1-14,29H,24H2,(H,25,26)(H,27,28). The van der Waals surface area contributed by atoms with Gasteiger partial charge in [-0.05, 0) is 69.4 Å². The minimum absolute atomic E-state index is 0.278. The first-order valence-corrected chi connectivity index (χ1v) is 11.5. The predicted octanol–water partition coefficient (Wildman–Crippen LogP) is 5.01. The van der Waals surface area contributed by atoms with Crippen LogP contribution in [0.3, 0.4) is 0 Å². The molecule has 150 valence electrons. The van der Waals surface area contributed by atoms with Gasteiger partial charge in [0.1, 0.15) is 0 Å². The lowest BCUT2D eigenvalue weighted by atomic mass is 10.0. The Labute approximate surface area is 178 Å². The molecule has 1 amide bonds. The van der Waals surface area contributed by atoms with Gasteiger partial charge in [-0.15, -0.1) is 0 Å². The summed E-state index contributed by atoms with van der Waals surface area (Å²) < 4.78 is 11.6. The van der Waals surface area contributed by atoms with Gasteiger partial charge in [0.15, 0.2) is 0 Å². The molecule has 4 aromatic rings. The van der Waals surface area contributed by atoms with Crippen LogP contribution in [-0.2, 0) is 4.57 Å². The highest BCUT2D eigenvalue weighted by molar-refractivity contribution is 7.47. The van der Waals surface area contributed by atoms with Crippen LogP contribution < -0.4 is 16.4 Å². The van der Waals surface area contributed by atoms with Crippen LogP contribution in [0.15, 0.2) is 83.6 Å². The van der Waals surface area contributed by atoms with Crippen LogP contribution in [0.5, 0.6) is 0 Å². The van der Waals surface area contributed by atoms with Crippen molar-refractivity contribution in [1.82, 2.24) is 0 Å². The second-order valence-corrected chi connectivity index (χ2v) is 8.63. The summed E-state index contributed by atoms with van der Waals surface area (Å²) in [6.45, 7) is 0. The van der Waals surface area contributed by atoms with Gasteiger partial charge in [0, 0.05) is 10.9 Å². The van der Waals surface area contributed by atoms with Gasteiger partial charge in [-0.25, -0.2) is 0 Å². The molecule has 3 aromatic carbocycles. The van der Waals surface area contributed by atoms with Crippen LogP contribution >= 0.6 is 19.4 Å². The average Bonchev–Trinajstić information content (AvgIpc) is 3.30. The van der Waals surface area contributed by atoms with Crippen LogP contribution in [0.25, 0.3) is 22.3 Å². The van der Waals surface area contributed by atoms with E-state index in [2.05, 4.69) is 5.32 Å². The molecule has 1 aromatic heterocycles. The number of thiophene rings is 1. The SMILES string of the molecule is Nc1ccc(-c2ccsc2)cc1NC(=O)c1ccc(-c2ccccc2[PH](=O)O)cc1. The first-order valence-electron chi connectivity index (χ1n) is 9.19. The zero-order chi connectivity index (χ0) is 21.1. The topological polar surface area (TPSA) is 92.4 Å². The molecular formula is C23H19N2O3PS. The Hall–Kier alpha value is -3.18. The van der Waals surface area contributed by atoms with Gasteiger partial charge in [0.05, 0.1) is 11.4 Å². The van der Waals surface area contributed by atoms with E-state index in [0.717, 1.165) is 16.7 Å². The smallest absolute Gasteiger partial charge is 0.255 e. The molecule has 0 radical (unpaired) electrons. The van der Waals surface area contributed by atoms with Gasteiger partial charge < -0.3 is 15.9 Å². The number of nitrogens with two attached hydrogens (primary N) is 1. The minimum Gasteiger partial charge on any atom is -0.397 e. The van der Waals surface area contributed by atoms with Crippen molar-refractivity contribution in [3.05, 3.63) is 89.1 Å². The molecular weight excluding hydrogens is 415 g/mol. The molecule has 4 rings (SSSR count). The van der Waals surface area contributed by atoms with Crippen molar-refractivity contribution in [2.45, 2.75) is 0 Å². The number of nitrogens with one attached hydrogen (secondary N) is 1. The molecule has 0 spiro atoms. The Bertz CT molecular complexity index is 1220. The summed E-state index contributed by atoms with van der Waals surface area (Å²) in [5.74, 6) is -0.278. The van der Waals surface area contributed by atoms with E-state index >= 15 is 0 Å². The fourth-order valence-electron chi connectivity index (χ4n) is 3.19. The quantitative estimate of drug-likeness (QED) is 0.304. The summed E-state index contributed by atoms with van der Waals surface area (Å²) in [5, 5.41) is 7.31. The van der Waals surface area contributed by atoms with Gasteiger partial charge in [0.2, 0.25) is 8.03 Å². The summed E-state index contributed by atoms with van der Waals surface area (Å²) in [6, 6.07) is 21.5. The molecule has 1 atom stereocenters. The Morgan fingerprint density at radius 2 is 1.67 bits per heavy atom. The van der Waals surface area contributed by atoms with Crippen LogP contribution in [0.1, 0.15) is 10.4 Å². The maximum atomic E-state index is 12.7. The van der Waals surface area contributed by atoms with E-state index in [0.29, 0.717) is 27.8 Å². The van der Waals surface area contributed by atoms with Crippen molar-refractivity contribution in [2.24, 2.45) is 0 Å². The van der Waals surface area contributed by atoms with Crippen molar-refractivity contribution in [3.8, 4) is 22.3 Å². The number of carbonyl (C=O) groups excluding carboxylic acids is 1. The summed E-state index contributed by atoms with van der Waals surface area (Å²) in [4.78, 5) is 22.3. The molecule has 1 heterocycles. The van der Waals surface area contributed by atoms with E-state index in [1.807, 2.05) is 35.0 Å². The van der Waals surface area contributed by atoms with Crippen molar-refractivity contribution >= 4 is 42.0 Å². The number of hydrogen-bond donors (Lipinski definition) is 3. The number of hydrogen-bond acceptors (Lipinski definition) is 4. The summed E-state index contributed by atoms with van der Waals surface area (Å²) in [7, 11) is -2.83. The third kappa shape index (κ3) is 4.21. The van der Waals surface area contributed by atoms with Gasteiger partial charge in [0.25, 0.3) is 5.91 Å². The molecule has 30 heavy (non-hydrogen) atoms. The Kier molecular flexibility index (Phi) is 5.81. The summed E-state index contributed by atoms with van der Waals surface area (Å²) >= 11 is 1.61. The zero-order valence-corrected chi connectivity index (χ0v) is 17.6. The van der Waals surface area contributed by atoms with E-state index in [1.54, 1.807) is 59.9 Å². The molecule has 7 heteroatoms.